The molecule has 0 unspecified atom stereocenters. The Labute approximate surface area is 77.1 Å². The molecule has 0 heterocycles. The average molecular weight is 201 g/mol. The van der Waals surface area contributed by atoms with Gasteiger partial charge in [-0.2, -0.15) is 8.42 Å². The Morgan fingerprint density at radius 2 is 1.77 bits per heavy atom. The number of para-hydroxylation sites is 1. The van der Waals surface area contributed by atoms with Gasteiger partial charge in [0.15, 0.2) is 0 Å². The summed E-state index contributed by atoms with van der Waals surface area (Å²) in [5.41, 5.74) is 5.72. The van der Waals surface area contributed by atoms with E-state index in [1.807, 2.05) is 0 Å². The Morgan fingerprint density at radius 3 is 2.15 bits per heavy atom. The zero-order valence-corrected chi connectivity index (χ0v) is 7.74. The second-order valence-corrected chi connectivity index (χ2v) is 3.88. The summed E-state index contributed by atoms with van der Waals surface area (Å²) >= 11 is 0. The summed E-state index contributed by atoms with van der Waals surface area (Å²) in [5, 5.41) is 4.94. The van der Waals surface area contributed by atoms with Crippen molar-refractivity contribution in [3.05, 3.63) is 30.3 Å². The summed E-state index contributed by atoms with van der Waals surface area (Å²) in [6.07, 6.45) is 0. The van der Waals surface area contributed by atoms with Gasteiger partial charge >= 0.3 is 0 Å². The monoisotopic (exact) mass is 201 g/mol. The Hall–Kier alpha value is -1.11. The molecule has 1 rings (SSSR count). The SMILES string of the molecule is NCN(c1ccccc1)S(N)(=O)=O. The number of nitrogens with zero attached hydrogens (tertiary/aromatic N) is 1. The minimum Gasteiger partial charge on any atom is -0.313 e. The van der Waals surface area contributed by atoms with Crippen LogP contribution in [-0.4, -0.2) is 15.1 Å². The van der Waals surface area contributed by atoms with E-state index in [0.29, 0.717) is 5.69 Å². The van der Waals surface area contributed by atoms with Crippen LogP contribution in [0.25, 0.3) is 0 Å². The van der Waals surface area contributed by atoms with Gasteiger partial charge in [-0.1, -0.05) is 18.2 Å². The fourth-order valence-corrected chi connectivity index (χ4v) is 1.57. The van der Waals surface area contributed by atoms with Gasteiger partial charge in [0, 0.05) is 0 Å². The molecule has 0 fully saturated rings. The molecule has 5 nitrogen and oxygen atoms in total. The maximum atomic E-state index is 11.0. The first-order chi connectivity index (χ1) is 6.05. The highest BCUT2D eigenvalue weighted by atomic mass is 32.2. The van der Waals surface area contributed by atoms with E-state index in [9.17, 15) is 8.42 Å². The van der Waals surface area contributed by atoms with Crippen molar-refractivity contribution in [3.63, 3.8) is 0 Å². The van der Waals surface area contributed by atoms with E-state index in [-0.39, 0.29) is 6.67 Å². The van der Waals surface area contributed by atoms with E-state index in [2.05, 4.69) is 0 Å². The molecule has 0 aliphatic rings. The molecule has 0 aliphatic heterocycles. The number of benzene rings is 1. The maximum absolute atomic E-state index is 11.0. The highest BCUT2D eigenvalue weighted by Crippen LogP contribution is 2.13. The van der Waals surface area contributed by atoms with E-state index in [1.54, 1.807) is 30.3 Å². The van der Waals surface area contributed by atoms with Gasteiger partial charge in [-0.05, 0) is 12.1 Å². The normalized spacial score (nSPS) is 11.2. The van der Waals surface area contributed by atoms with Gasteiger partial charge < -0.3 is 5.73 Å². The Kier molecular flexibility index (Phi) is 2.86. The molecule has 0 amide bonds. The summed E-state index contributed by atoms with van der Waals surface area (Å²) in [6.45, 7) is -0.164. The summed E-state index contributed by atoms with van der Waals surface area (Å²) < 4.78 is 22.9. The van der Waals surface area contributed by atoms with E-state index < -0.39 is 10.2 Å². The average Bonchev–Trinajstić information content (AvgIpc) is 2.05. The fraction of sp³-hybridized carbons (Fsp3) is 0.143. The molecule has 13 heavy (non-hydrogen) atoms. The van der Waals surface area contributed by atoms with Crippen LogP contribution >= 0.6 is 0 Å². The standard InChI is InChI=1S/C7H11N3O2S/c8-6-10(13(9,11)12)7-4-2-1-3-5-7/h1-5H,6,8H2,(H2,9,11,12). The Balaban J connectivity index is 3.06. The Morgan fingerprint density at radius 1 is 1.23 bits per heavy atom. The van der Waals surface area contributed by atoms with Crippen LogP contribution in [0.2, 0.25) is 0 Å². The van der Waals surface area contributed by atoms with Crippen molar-refractivity contribution in [1.29, 1.82) is 0 Å². The summed E-state index contributed by atoms with van der Waals surface area (Å²) in [4.78, 5) is 0. The first kappa shape index (κ1) is 9.97. The van der Waals surface area contributed by atoms with Gasteiger partial charge in [-0.3, -0.25) is 0 Å². The van der Waals surface area contributed by atoms with Gasteiger partial charge in [-0.25, -0.2) is 9.44 Å². The molecule has 1 aromatic carbocycles. The molecule has 72 valence electrons. The number of hydrogen-bond donors (Lipinski definition) is 2. The number of hydrogen-bond acceptors (Lipinski definition) is 3. The van der Waals surface area contributed by atoms with Gasteiger partial charge in [0.25, 0.3) is 10.2 Å². The molecular formula is C7H11N3O2S. The quantitative estimate of drug-likeness (QED) is 0.653. The van der Waals surface area contributed by atoms with Crippen molar-refractivity contribution in [3.8, 4) is 0 Å². The van der Waals surface area contributed by atoms with Crippen LogP contribution in [0, 0.1) is 0 Å². The van der Waals surface area contributed by atoms with Crippen LogP contribution < -0.4 is 15.2 Å². The molecular weight excluding hydrogens is 190 g/mol. The zero-order valence-electron chi connectivity index (χ0n) is 6.92. The molecule has 0 aromatic heterocycles. The molecule has 0 bridgehead atoms. The van der Waals surface area contributed by atoms with E-state index in [1.165, 1.54) is 0 Å². The van der Waals surface area contributed by atoms with E-state index >= 15 is 0 Å². The molecule has 1 aromatic rings. The first-order valence-electron chi connectivity index (χ1n) is 3.61. The molecule has 0 saturated carbocycles. The lowest BCUT2D eigenvalue weighted by molar-refractivity contribution is 0.593. The van der Waals surface area contributed by atoms with Gasteiger partial charge in [0.2, 0.25) is 0 Å². The van der Waals surface area contributed by atoms with Crippen molar-refractivity contribution < 1.29 is 8.42 Å². The molecule has 6 heteroatoms. The van der Waals surface area contributed by atoms with Crippen molar-refractivity contribution >= 4 is 15.9 Å². The maximum Gasteiger partial charge on any atom is 0.300 e. The highest BCUT2D eigenvalue weighted by Gasteiger charge is 2.14. The van der Waals surface area contributed by atoms with Gasteiger partial charge in [0.05, 0.1) is 12.4 Å². The molecule has 0 spiro atoms. The predicted molar refractivity (Wildman–Crippen MR) is 51.1 cm³/mol. The number of anilines is 1. The predicted octanol–water partition coefficient (Wildman–Crippen LogP) is -0.387. The lowest BCUT2D eigenvalue weighted by Crippen LogP contribution is -2.40. The molecule has 0 aliphatic carbocycles. The van der Waals surface area contributed by atoms with Gasteiger partial charge in [0.1, 0.15) is 0 Å². The largest absolute Gasteiger partial charge is 0.313 e. The molecule has 0 saturated heterocycles. The fourth-order valence-electron chi connectivity index (χ4n) is 0.950. The lowest BCUT2D eigenvalue weighted by atomic mass is 10.3. The summed E-state index contributed by atoms with van der Waals surface area (Å²) in [5.74, 6) is 0. The smallest absolute Gasteiger partial charge is 0.300 e. The van der Waals surface area contributed by atoms with Crippen molar-refractivity contribution in [2.75, 3.05) is 11.0 Å². The minimum absolute atomic E-state index is 0.164. The van der Waals surface area contributed by atoms with Crippen molar-refractivity contribution in [1.82, 2.24) is 0 Å². The van der Waals surface area contributed by atoms with Crippen LogP contribution in [0.5, 0.6) is 0 Å². The van der Waals surface area contributed by atoms with Crippen LogP contribution in [0.3, 0.4) is 0 Å². The Bertz CT molecular complexity index is 363. The van der Waals surface area contributed by atoms with Crippen LogP contribution in [0.15, 0.2) is 30.3 Å². The molecule has 0 atom stereocenters. The van der Waals surface area contributed by atoms with Crippen molar-refractivity contribution in [2.24, 2.45) is 10.9 Å². The lowest BCUT2D eigenvalue weighted by Gasteiger charge is -2.18. The topological polar surface area (TPSA) is 89.4 Å². The minimum atomic E-state index is -3.76. The third-order valence-corrected chi connectivity index (χ3v) is 2.49. The van der Waals surface area contributed by atoms with Crippen LogP contribution in [0.1, 0.15) is 0 Å². The highest BCUT2D eigenvalue weighted by molar-refractivity contribution is 7.90. The summed E-state index contributed by atoms with van der Waals surface area (Å²) in [6, 6.07) is 8.45. The third kappa shape index (κ3) is 2.41. The van der Waals surface area contributed by atoms with Crippen LogP contribution in [0.4, 0.5) is 5.69 Å². The molecule has 4 N–H and O–H groups in total. The third-order valence-electron chi connectivity index (χ3n) is 1.52. The second kappa shape index (κ2) is 3.73. The number of rotatable bonds is 3. The first-order valence-corrected chi connectivity index (χ1v) is 5.11. The molecule has 0 radical (unpaired) electrons. The van der Waals surface area contributed by atoms with E-state index in [0.717, 1.165) is 4.31 Å². The second-order valence-electron chi connectivity index (χ2n) is 2.41. The van der Waals surface area contributed by atoms with Gasteiger partial charge in [-0.15, -0.1) is 0 Å². The zero-order chi connectivity index (χ0) is 9.90. The number of nitrogens with two attached hydrogens (primary N) is 2. The van der Waals surface area contributed by atoms with Crippen LogP contribution in [-0.2, 0) is 10.2 Å². The van der Waals surface area contributed by atoms with Crippen molar-refractivity contribution in [2.45, 2.75) is 0 Å². The van der Waals surface area contributed by atoms with E-state index in [4.69, 9.17) is 10.9 Å². The summed E-state index contributed by atoms with van der Waals surface area (Å²) in [7, 11) is -3.76.